The smallest absolute Gasteiger partial charge is 0.307 e. The Bertz CT molecular complexity index is 1220. The quantitative estimate of drug-likeness (QED) is 0.322. The third kappa shape index (κ3) is 5.39. The van der Waals surface area contributed by atoms with Crippen molar-refractivity contribution in [2.45, 2.75) is 6.42 Å². The summed E-state index contributed by atoms with van der Waals surface area (Å²) in [6.45, 7) is 0. The van der Waals surface area contributed by atoms with Gasteiger partial charge in [-0.3, -0.25) is 14.9 Å². The standard InChI is InChI=1S/C20H18F2N6O5/c1-32-16-4-3-10(6-18(23)29)5-13(16)25-19-12(22)9-24-20(27-19)26-14-8-15(28(30)31)11(21)7-17(14)33-2/h3-5,7-9H,6H2,1-2H3,(H2,23,29)(H2,24,25,26,27). The summed E-state index contributed by atoms with van der Waals surface area (Å²) in [5, 5.41) is 16.5. The molecule has 0 radical (unpaired) electrons. The van der Waals surface area contributed by atoms with Crippen LogP contribution >= 0.6 is 0 Å². The lowest BCUT2D eigenvalue weighted by molar-refractivity contribution is -0.387. The molecule has 1 amide bonds. The number of nitro benzene ring substituents is 1. The fourth-order valence-electron chi connectivity index (χ4n) is 2.88. The van der Waals surface area contributed by atoms with E-state index >= 15 is 0 Å². The number of nitrogens with zero attached hydrogens (tertiary/aromatic N) is 3. The maximum atomic E-state index is 14.4. The molecule has 33 heavy (non-hydrogen) atoms. The topological polar surface area (TPSA) is 155 Å². The van der Waals surface area contributed by atoms with Crippen LogP contribution in [0, 0.1) is 21.7 Å². The molecule has 0 unspecified atom stereocenters. The highest BCUT2D eigenvalue weighted by molar-refractivity contribution is 5.78. The van der Waals surface area contributed by atoms with Gasteiger partial charge in [0.05, 0.1) is 43.1 Å². The predicted octanol–water partition coefficient (Wildman–Crippen LogP) is 3.20. The highest BCUT2D eigenvalue weighted by Crippen LogP contribution is 2.34. The number of rotatable bonds is 9. The Morgan fingerprint density at radius 2 is 1.79 bits per heavy atom. The molecule has 13 heteroatoms. The molecule has 0 saturated heterocycles. The van der Waals surface area contributed by atoms with E-state index in [0.29, 0.717) is 17.0 Å². The number of nitrogens with two attached hydrogens (primary N) is 1. The predicted molar refractivity (Wildman–Crippen MR) is 114 cm³/mol. The molecular weight excluding hydrogens is 442 g/mol. The van der Waals surface area contributed by atoms with Crippen LogP contribution in [0.25, 0.3) is 0 Å². The maximum Gasteiger partial charge on any atom is 0.307 e. The van der Waals surface area contributed by atoms with E-state index < -0.39 is 28.2 Å². The molecule has 1 heterocycles. The van der Waals surface area contributed by atoms with E-state index in [4.69, 9.17) is 15.2 Å². The van der Waals surface area contributed by atoms with Gasteiger partial charge in [0.25, 0.3) is 0 Å². The highest BCUT2D eigenvalue weighted by atomic mass is 19.1. The summed E-state index contributed by atoms with van der Waals surface area (Å²) in [7, 11) is 2.65. The van der Waals surface area contributed by atoms with Crippen LogP contribution in [0.1, 0.15) is 5.56 Å². The second-order valence-electron chi connectivity index (χ2n) is 6.58. The fraction of sp³-hybridized carbons (Fsp3) is 0.150. The molecule has 172 valence electrons. The van der Waals surface area contributed by atoms with Gasteiger partial charge >= 0.3 is 5.69 Å². The SMILES string of the molecule is COc1cc(F)c([N+](=O)[O-])cc1Nc1ncc(F)c(Nc2cc(CC(N)=O)ccc2OC)n1. The van der Waals surface area contributed by atoms with E-state index in [9.17, 15) is 23.7 Å². The lowest BCUT2D eigenvalue weighted by atomic mass is 10.1. The van der Waals surface area contributed by atoms with Gasteiger partial charge in [-0.05, 0) is 17.7 Å². The molecule has 0 atom stereocenters. The van der Waals surface area contributed by atoms with E-state index in [1.165, 1.54) is 14.2 Å². The van der Waals surface area contributed by atoms with E-state index in [0.717, 1.165) is 18.3 Å². The number of halogens is 2. The molecule has 3 rings (SSSR count). The second-order valence-corrected chi connectivity index (χ2v) is 6.58. The average Bonchev–Trinajstić information content (AvgIpc) is 2.76. The van der Waals surface area contributed by atoms with Gasteiger partial charge in [0, 0.05) is 12.1 Å². The minimum atomic E-state index is -1.09. The maximum absolute atomic E-state index is 14.4. The van der Waals surface area contributed by atoms with Gasteiger partial charge in [0.1, 0.15) is 11.5 Å². The normalized spacial score (nSPS) is 10.4. The molecular formula is C20H18F2N6O5. The van der Waals surface area contributed by atoms with Gasteiger partial charge < -0.3 is 25.8 Å². The molecule has 0 bridgehead atoms. The zero-order chi connectivity index (χ0) is 24.1. The number of amides is 1. The van der Waals surface area contributed by atoms with Crippen molar-refractivity contribution < 1.29 is 28.0 Å². The number of primary amides is 1. The van der Waals surface area contributed by atoms with Crippen molar-refractivity contribution >= 4 is 34.7 Å². The van der Waals surface area contributed by atoms with Gasteiger partial charge in [-0.15, -0.1) is 0 Å². The number of hydrogen-bond acceptors (Lipinski definition) is 9. The van der Waals surface area contributed by atoms with Crippen LogP contribution in [0.15, 0.2) is 36.5 Å². The van der Waals surface area contributed by atoms with Crippen molar-refractivity contribution in [3.8, 4) is 11.5 Å². The van der Waals surface area contributed by atoms with Gasteiger partial charge in [0.15, 0.2) is 11.6 Å². The Kier molecular flexibility index (Phi) is 6.81. The van der Waals surface area contributed by atoms with Crippen molar-refractivity contribution in [2.24, 2.45) is 5.73 Å². The van der Waals surface area contributed by atoms with Crippen LogP contribution in [0.3, 0.4) is 0 Å². The summed E-state index contributed by atoms with van der Waals surface area (Å²) in [5.74, 6) is -2.60. The molecule has 4 N–H and O–H groups in total. The third-order valence-corrected chi connectivity index (χ3v) is 4.35. The van der Waals surface area contributed by atoms with Crippen LogP contribution < -0.4 is 25.8 Å². The number of methoxy groups -OCH3 is 2. The number of nitrogens with one attached hydrogen (secondary N) is 2. The summed E-state index contributed by atoms with van der Waals surface area (Å²) >= 11 is 0. The van der Waals surface area contributed by atoms with Gasteiger partial charge in [-0.25, -0.2) is 9.37 Å². The molecule has 0 spiro atoms. The first-order valence-electron chi connectivity index (χ1n) is 9.25. The zero-order valence-corrected chi connectivity index (χ0v) is 17.4. The van der Waals surface area contributed by atoms with E-state index in [-0.39, 0.29) is 29.6 Å². The Balaban J connectivity index is 1.95. The van der Waals surface area contributed by atoms with Crippen molar-refractivity contribution in [3.05, 3.63) is 63.8 Å². The number of hydrogen-bond donors (Lipinski definition) is 3. The lowest BCUT2D eigenvalue weighted by Gasteiger charge is -2.14. The van der Waals surface area contributed by atoms with E-state index in [1.807, 2.05) is 0 Å². The molecule has 0 aliphatic rings. The van der Waals surface area contributed by atoms with Crippen LogP contribution in [-0.4, -0.2) is 35.0 Å². The van der Waals surface area contributed by atoms with Crippen LogP contribution in [0.4, 0.5) is 37.6 Å². The molecule has 1 aromatic heterocycles. The molecule has 3 aromatic rings. The molecule has 11 nitrogen and oxygen atoms in total. The number of ether oxygens (including phenoxy) is 2. The monoisotopic (exact) mass is 460 g/mol. The Labute approximate surface area is 185 Å². The number of benzene rings is 2. The first-order chi connectivity index (χ1) is 15.7. The molecule has 0 aliphatic carbocycles. The summed E-state index contributed by atoms with van der Waals surface area (Å²) in [6.07, 6.45) is 0.822. The number of anilines is 4. The van der Waals surface area contributed by atoms with Crippen LogP contribution in [0.5, 0.6) is 11.5 Å². The average molecular weight is 460 g/mol. The first-order valence-corrected chi connectivity index (χ1v) is 9.25. The first kappa shape index (κ1) is 23.1. The number of carbonyl (C=O) groups is 1. The van der Waals surface area contributed by atoms with Crippen LogP contribution in [0.2, 0.25) is 0 Å². The van der Waals surface area contributed by atoms with Crippen molar-refractivity contribution in [1.29, 1.82) is 0 Å². The third-order valence-electron chi connectivity index (χ3n) is 4.35. The minimum absolute atomic E-state index is 0.0100. The summed E-state index contributed by atoms with van der Waals surface area (Å²) in [6, 6.07) is 6.49. The zero-order valence-electron chi connectivity index (χ0n) is 17.4. The van der Waals surface area contributed by atoms with Gasteiger partial charge in [-0.1, -0.05) is 6.07 Å². The summed E-state index contributed by atoms with van der Waals surface area (Å²) in [4.78, 5) is 29.2. The molecule has 0 saturated carbocycles. The molecule has 0 fully saturated rings. The Hall–Kier alpha value is -4.55. The highest BCUT2D eigenvalue weighted by Gasteiger charge is 2.20. The Morgan fingerprint density at radius 1 is 1.09 bits per heavy atom. The number of aromatic nitrogens is 2. The molecule has 2 aromatic carbocycles. The lowest BCUT2D eigenvalue weighted by Crippen LogP contribution is -2.13. The number of nitro groups is 1. The van der Waals surface area contributed by atoms with Gasteiger partial charge in [0.2, 0.25) is 17.7 Å². The fourth-order valence-corrected chi connectivity index (χ4v) is 2.88. The van der Waals surface area contributed by atoms with E-state index in [1.54, 1.807) is 18.2 Å². The van der Waals surface area contributed by atoms with Crippen molar-refractivity contribution in [2.75, 3.05) is 24.9 Å². The van der Waals surface area contributed by atoms with Crippen LogP contribution in [-0.2, 0) is 11.2 Å². The van der Waals surface area contributed by atoms with Crippen molar-refractivity contribution in [1.82, 2.24) is 9.97 Å². The molecule has 0 aliphatic heterocycles. The van der Waals surface area contributed by atoms with Crippen molar-refractivity contribution in [3.63, 3.8) is 0 Å². The van der Waals surface area contributed by atoms with E-state index in [2.05, 4.69) is 20.6 Å². The largest absolute Gasteiger partial charge is 0.495 e. The summed E-state index contributed by atoms with van der Waals surface area (Å²) < 4.78 is 38.6. The Morgan fingerprint density at radius 3 is 2.42 bits per heavy atom. The number of carbonyl (C=O) groups excluding carboxylic acids is 1. The van der Waals surface area contributed by atoms with Gasteiger partial charge in [-0.2, -0.15) is 9.37 Å². The summed E-state index contributed by atoms with van der Waals surface area (Å²) in [5.41, 5.74) is 5.27. The second kappa shape index (κ2) is 9.72. The minimum Gasteiger partial charge on any atom is -0.495 e.